The van der Waals surface area contributed by atoms with E-state index in [-0.39, 0.29) is 16.8 Å². The van der Waals surface area contributed by atoms with Gasteiger partial charge in [-0.15, -0.1) is 0 Å². The van der Waals surface area contributed by atoms with Gasteiger partial charge in [-0.1, -0.05) is 6.07 Å². The Morgan fingerprint density at radius 2 is 1.91 bits per heavy atom. The number of carbonyl (C=O) groups excluding carboxylic acids is 3. The molecule has 0 atom stereocenters. The van der Waals surface area contributed by atoms with Crippen LogP contribution in [-0.4, -0.2) is 28.2 Å². The second kappa shape index (κ2) is 5.64. The summed E-state index contributed by atoms with van der Waals surface area (Å²) in [5.74, 6) is -1.41. The Kier molecular flexibility index (Phi) is 4.00. The lowest BCUT2D eigenvalue weighted by Gasteiger charge is -2.21. The third kappa shape index (κ3) is 3.42. The summed E-state index contributed by atoms with van der Waals surface area (Å²) >= 11 is 0. The maximum Gasteiger partial charge on any atom is 0.412 e. The van der Waals surface area contributed by atoms with Crippen molar-refractivity contribution >= 4 is 23.3 Å². The number of allylic oxidation sites excluding steroid dienone is 2. The molecule has 1 amide bonds. The van der Waals surface area contributed by atoms with Crippen molar-refractivity contribution in [1.82, 2.24) is 5.32 Å². The summed E-state index contributed by atoms with van der Waals surface area (Å²) in [5, 5.41) is 13.2. The number of ether oxygens (including phenoxy) is 1. The van der Waals surface area contributed by atoms with Gasteiger partial charge in [0.25, 0.3) is 5.69 Å². The molecule has 0 spiro atoms. The minimum Gasteiger partial charge on any atom is -0.444 e. The molecular formula is C15H14N2O6. The number of fused-ring (bicyclic) bond motifs is 1. The fraction of sp³-hybridized carbons (Fsp3) is 0.267. The van der Waals surface area contributed by atoms with Crippen molar-refractivity contribution in [1.29, 1.82) is 0 Å². The van der Waals surface area contributed by atoms with Gasteiger partial charge in [0.2, 0.25) is 5.78 Å². The molecule has 1 N–H and O–H groups in total. The number of amides is 1. The number of rotatable bonds is 2. The maximum atomic E-state index is 12.4. The first-order valence-electron chi connectivity index (χ1n) is 6.68. The smallest absolute Gasteiger partial charge is 0.412 e. The van der Waals surface area contributed by atoms with Crippen LogP contribution in [0.4, 0.5) is 10.5 Å². The number of hydrogen-bond acceptors (Lipinski definition) is 6. The highest BCUT2D eigenvalue weighted by Gasteiger charge is 2.34. The van der Waals surface area contributed by atoms with Crippen molar-refractivity contribution in [2.24, 2.45) is 0 Å². The maximum absolute atomic E-state index is 12.4. The largest absolute Gasteiger partial charge is 0.444 e. The number of ketones is 2. The van der Waals surface area contributed by atoms with Crippen molar-refractivity contribution in [2.45, 2.75) is 26.4 Å². The van der Waals surface area contributed by atoms with Gasteiger partial charge in [-0.05, 0) is 26.8 Å². The molecule has 0 saturated carbocycles. The Morgan fingerprint density at radius 3 is 2.48 bits per heavy atom. The minimum absolute atomic E-state index is 0.0704. The quantitative estimate of drug-likeness (QED) is 0.661. The number of nitro benzene ring substituents is 1. The number of nitro groups is 1. The van der Waals surface area contributed by atoms with E-state index in [9.17, 15) is 24.5 Å². The van der Waals surface area contributed by atoms with Crippen molar-refractivity contribution in [3.63, 3.8) is 0 Å². The number of nitrogens with one attached hydrogen (secondary N) is 1. The van der Waals surface area contributed by atoms with E-state index in [1.54, 1.807) is 20.8 Å². The second-order valence-corrected chi connectivity index (χ2v) is 5.84. The second-order valence-electron chi connectivity index (χ2n) is 5.84. The van der Waals surface area contributed by atoms with E-state index < -0.39 is 33.9 Å². The molecule has 0 aromatic heterocycles. The number of Topliss-reactive ketones (excluding diaryl/α,β-unsaturated/α-hetero) is 1. The summed E-state index contributed by atoms with van der Waals surface area (Å²) in [4.78, 5) is 46.5. The highest BCUT2D eigenvalue weighted by Crippen LogP contribution is 2.28. The van der Waals surface area contributed by atoms with Gasteiger partial charge < -0.3 is 4.74 Å². The van der Waals surface area contributed by atoms with Crippen molar-refractivity contribution in [3.8, 4) is 0 Å². The van der Waals surface area contributed by atoms with E-state index in [4.69, 9.17) is 4.74 Å². The Labute approximate surface area is 131 Å². The molecule has 0 radical (unpaired) electrons. The number of alkyl carbamates (subject to hydrolysis) is 1. The van der Waals surface area contributed by atoms with Crippen molar-refractivity contribution in [2.75, 3.05) is 0 Å². The molecule has 1 aromatic rings. The van der Waals surface area contributed by atoms with E-state index >= 15 is 0 Å². The van der Waals surface area contributed by atoms with Crippen LogP contribution >= 0.6 is 0 Å². The third-order valence-corrected chi connectivity index (χ3v) is 2.89. The molecule has 23 heavy (non-hydrogen) atoms. The summed E-state index contributed by atoms with van der Waals surface area (Å²) in [7, 11) is 0. The van der Waals surface area contributed by atoms with Gasteiger partial charge in [0.1, 0.15) is 11.2 Å². The first-order chi connectivity index (χ1) is 10.6. The van der Waals surface area contributed by atoms with Crippen molar-refractivity contribution in [3.05, 3.63) is 51.2 Å². The zero-order valence-corrected chi connectivity index (χ0v) is 12.7. The molecule has 1 aromatic carbocycles. The van der Waals surface area contributed by atoms with Crippen LogP contribution in [0.15, 0.2) is 30.0 Å². The Morgan fingerprint density at radius 1 is 1.26 bits per heavy atom. The molecule has 0 bridgehead atoms. The molecule has 2 rings (SSSR count). The first kappa shape index (κ1) is 16.3. The molecule has 120 valence electrons. The molecule has 0 unspecified atom stereocenters. The Bertz CT molecular complexity index is 758. The molecule has 8 nitrogen and oxygen atoms in total. The summed E-state index contributed by atoms with van der Waals surface area (Å²) in [6, 6.07) is 3.77. The average molecular weight is 318 g/mol. The van der Waals surface area contributed by atoms with Gasteiger partial charge in [-0.3, -0.25) is 25.0 Å². The van der Waals surface area contributed by atoms with Crippen LogP contribution in [-0.2, 0) is 4.74 Å². The van der Waals surface area contributed by atoms with Crippen LogP contribution in [0.1, 0.15) is 41.5 Å². The lowest BCUT2D eigenvalue weighted by Crippen LogP contribution is -2.36. The monoisotopic (exact) mass is 318 g/mol. The Hall–Kier alpha value is -3.03. The zero-order valence-electron chi connectivity index (χ0n) is 12.7. The first-order valence-corrected chi connectivity index (χ1v) is 6.68. The van der Waals surface area contributed by atoms with E-state index in [0.29, 0.717) is 0 Å². The summed E-state index contributed by atoms with van der Waals surface area (Å²) in [6.07, 6.45) is 0.00475. The predicted molar refractivity (Wildman–Crippen MR) is 79.2 cm³/mol. The van der Waals surface area contributed by atoms with Crippen LogP contribution in [0.2, 0.25) is 0 Å². The summed E-state index contributed by atoms with van der Waals surface area (Å²) < 4.78 is 5.00. The van der Waals surface area contributed by atoms with E-state index in [1.807, 2.05) is 0 Å². The predicted octanol–water partition coefficient (Wildman–Crippen LogP) is 2.38. The Balaban J connectivity index is 2.37. The lowest BCUT2D eigenvalue weighted by molar-refractivity contribution is -0.385. The normalized spacial score (nSPS) is 14.0. The highest BCUT2D eigenvalue weighted by atomic mass is 16.6. The standard InChI is InChI=1S/C15H14N2O6/c1-15(2,3)23-14(20)16-9-7-11(18)8-5-4-6-10(17(21)22)12(8)13(9)19/h4-7H,1-3H3,(H,16,20). The van der Waals surface area contributed by atoms with Crippen molar-refractivity contribution < 1.29 is 24.0 Å². The molecular weight excluding hydrogens is 304 g/mol. The fourth-order valence-electron chi connectivity index (χ4n) is 2.05. The molecule has 1 aliphatic carbocycles. The number of hydrogen-bond donors (Lipinski definition) is 1. The molecule has 0 heterocycles. The lowest BCUT2D eigenvalue weighted by atomic mass is 9.91. The highest BCUT2D eigenvalue weighted by molar-refractivity contribution is 6.26. The van der Waals surface area contributed by atoms with Crippen LogP contribution in [0.3, 0.4) is 0 Å². The minimum atomic E-state index is -0.924. The SMILES string of the molecule is CC(C)(C)OC(=O)NC1=CC(=O)c2cccc([N+](=O)[O-])c2C1=O. The average Bonchev–Trinajstić information content (AvgIpc) is 2.41. The molecule has 1 aliphatic rings. The van der Waals surface area contributed by atoms with Gasteiger partial charge in [0, 0.05) is 17.7 Å². The molecule has 0 fully saturated rings. The van der Waals surface area contributed by atoms with E-state index in [2.05, 4.69) is 5.32 Å². The van der Waals surface area contributed by atoms with Gasteiger partial charge in [-0.2, -0.15) is 0 Å². The van der Waals surface area contributed by atoms with E-state index in [1.165, 1.54) is 12.1 Å². The third-order valence-electron chi connectivity index (χ3n) is 2.89. The van der Waals surface area contributed by atoms with Gasteiger partial charge >= 0.3 is 6.09 Å². The molecule has 0 saturated heterocycles. The van der Waals surface area contributed by atoms with Gasteiger partial charge in [-0.25, -0.2) is 4.79 Å². The number of carbonyl (C=O) groups is 3. The fourth-order valence-corrected chi connectivity index (χ4v) is 2.05. The summed E-state index contributed by atoms with van der Waals surface area (Å²) in [5.41, 5.74) is -2.05. The van der Waals surface area contributed by atoms with Gasteiger partial charge in [0.05, 0.1) is 10.6 Å². The zero-order chi connectivity index (χ0) is 17.4. The van der Waals surface area contributed by atoms with Crippen LogP contribution < -0.4 is 5.32 Å². The molecule has 0 aliphatic heterocycles. The number of nitrogens with zero attached hydrogens (tertiary/aromatic N) is 1. The summed E-state index contributed by atoms with van der Waals surface area (Å²) in [6.45, 7) is 4.90. The number of benzene rings is 1. The topological polar surface area (TPSA) is 116 Å². The molecule has 8 heteroatoms. The van der Waals surface area contributed by atoms with Crippen LogP contribution in [0.5, 0.6) is 0 Å². The van der Waals surface area contributed by atoms with E-state index in [0.717, 1.165) is 12.1 Å². The van der Waals surface area contributed by atoms with Crippen LogP contribution in [0, 0.1) is 10.1 Å². The van der Waals surface area contributed by atoms with Crippen LogP contribution in [0.25, 0.3) is 0 Å². The van der Waals surface area contributed by atoms with Gasteiger partial charge in [0.15, 0.2) is 5.78 Å².